The highest BCUT2D eigenvalue weighted by Crippen LogP contribution is 2.20. The molecule has 1 aromatic rings. The van der Waals surface area contributed by atoms with Crippen molar-refractivity contribution >= 4 is 0 Å². The maximum Gasteiger partial charge on any atom is 0.0237 e. The van der Waals surface area contributed by atoms with E-state index in [1.54, 1.807) is 11.1 Å². The summed E-state index contributed by atoms with van der Waals surface area (Å²) >= 11 is 0. The van der Waals surface area contributed by atoms with Gasteiger partial charge in [-0.15, -0.1) is 0 Å². The molecule has 0 radical (unpaired) electrons. The Morgan fingerprint density at radius 1 is 1.10 bits per heavy atom. The van der Waals surface area contributed by atoms with Gasteiger partial charge in [0.15, 0.2) is 0 Å². The maximum atomic E-state index is 3.47. The zero-order valence-electron chi connectivity index (χ0n) is 12.7. The van der Waals surface area contributed by atoms with Gasteiger partial charge in [-0.25, -0.2) is 0 Å². The van der Waals surface area contributed by atoms with Crippen LogP contribution in [-0.4, -0.2) is 49.1 Å². The first kappa shape index (κ1) is 14.1. The molecule has 20 heavy (non-hydrogen) atoms. The lowest BCUT2D eigenvalue weighted by Crippen LogP contribution is -2.46. The highest BCUT2D eigenvalue weighted by atomic mass is 15.3. The smallest absolute Gasteiger partial charge is 0.0237 e. The average Bonchev–Trinajstić information content (AvgIpc) is 2.50. The molecule has 0 unspecified atom stereocenters. The zero-order chi connectivity index (χ0) is 13.8. The summed E-state index contributed by atoms with van der Waals surface area (Å²) < 4.78 is 0. The minimum Gasteiger partial charge on any atom is -0.312 e. The lowest BCUT2D eigenvalue weighted by Gasteiger charge is -2.35. The average molecular weight is 273 g/mol. The zero-order valence-corrected chi connectivity index (χ0v) is 12.7. The van der Waals surface area contributed by atoms with Gasteiger partial charge in [0.1, 0.15) is 0 Å². The Morgan fingerprint density at radius 3 is 2.70 bits per heavy atom. The molecular formula is C17H27N3. The molecular weight excluding hydrogens is 246 g/mol. The van der Waals surface area contributed by atoms with Gasteiger partial charge in [0.2, 0.25) is 0 Å². The van der Waals surface area contributed by atoms with Crippen molar-refractivity contribution in [2.45, 2.75) is 32.9 Å². The Labute approximate surface area is 123 Å². The van der Waals surface area contributed by atoms with E-state index in [9.17, 15) is 0 Å². The predicted molar refractivity (Wildman–Crippen MR) is 83.9 cm³/mol. The van der Waals surface area contributed by atoms with E-state index in [2.05, 4.69) is 40.2 Å². The van der Waals surface area contributed by atoms with Gasteiger partial charge in [0.05, 0.1) is 0 Å². The molecule has 1 aromatic carbocycles. The Bertz CT molecular complexity index is 436. The second-order valence-electron chi connectivity index (χ2n) is 6.10. The molecule has 110 valence electrons. The molecule has 1 N–H and O–H groups in total. The van der Waals surface area contributed by atoms with E-state index in [1.807, 2.05) is 0 Å². The van der Waals surface area contributed by atoms with Crippen molar-refractivity contribution in [3.05, 3.63) is 34.9 Å². The van der Waals surface area contributed by atoms with Gasteiger partial charge < -0.3 is 10.2 Å². The van der Waals surface area contributed by atoms with E-state index in [-0.39, 0.29) is 0 Å². The van der Waals surface area contributed by atoms with Crippen LogP contribution in [-0.2, 0) is 19.5 Å². The molecule has 2 heterocycles. The van der Waals surface area contributed by atoms with E-state index < -0.39 is 0 Å². The second-order valence-corrected chi connectivity index (χ2v) is 6.10. The van der Waals surface area contributed by atoms with Gasteiger partial charge in [-0.1, -0.05) is 25.1 Å². The molecule has 0 saturated carbocycles. The van der Waals surface area contributed by atoms with Crippen molar-refractivity contribution in [1.82, 2.24) is 15.1 Å². The van der Waals surface area contributed by atoms with Gasteiger partial charge >= 0.3 is 0 Å². The molecule has 1 saturated heterocycles. The number of hydrogen-bond acceptors (Lipinski definition) is 3. The van der Waals surface area contributed by atoms with Crippen LogP contribution < -0.4 is 5.32 Å². The molecule has 0 bridgehead atoms. The van der Waals surface area contributed by atoms with Crippen molar-refractivity contribution in [3.8, 4) is 0 Å². The summed E-state index contributed by atoms with van der Waals surface area (Å²) in [4.78, 5) is 5.23. The van der Waals surface area contributed by atoms with Crippen molar-refractivity contribution in [2.24, 2.45) is 0 Å². The highest BCUT2D eigenvalue weighted by Gasteiger charge is 2.18. The molecule has 0 atom stereocenters. The van der Waals surface area contributed by atoms with Crippen molar-refractivity contribution in [3.63, 3.8) is 0 Å². The monoisotopic (exact) mass is 273 g/mol. The first-order valence-corrected chi connectivity index (χ1v) is 8.12. The lowest BCUT2D eigenvalue weighted by molar-refractivity contribution is 0.127. The summed E-state index contributed by atoms with van der Waals surface area (Å²) in [6.45, 7) is 11.8. The van der Waals surface area contributed by atoms with Gasteiger partial charge in [0.25, 0.3) is 0 Å². The van der Waals surface area contributed by atoms with Crippen LogP contribution in [0, 0.1) is 0 Å². The summed E-state index contributed by atoms with van der Waals surface area (Å²) in [5, 5.41) is 3.47. The number of fused-ring (bicyclic) bond motifs is 1. The molecule has 0 aromatic heterocycles. The quantitative estimate of drug-likeness (QED) is 0.903. The van der Waals surface area contributed by atoms with E-state index >= 15 is 0 Å². The molecule has 3 rings (SSSR count). The number of benzene rings is 1. The highest BCUT2D eigenvalue weighted by molar-refractivity contribution is 5.37. The first-order valence-electron chi connectivity index (χ1n) is 8.12. The summed E-state index contributed by atoms with van der Waals surface area (Å²) in [7, 11) is 0. The minimum atomic E-state index is 1.05. The third-order valence-electron chi connectivity index (χ3n) is 4.64. The maximum absolute atomic E-state index is 3.47. The van der Waals surface area contributed by atoms with E-state index in [0.717, 1.165) is 19.6 Å². The predicted octanol–water partition coefficient (Wildman–Crippen LogP) is 1.86. The normalized spacial score (nSPS) is 20.9. The van der Waals surface area contributed by atoms with Gasteiger partial charge in [-0.3, -0.25) is 4.90 Å². The molecule has 1 fully saturated rings. The van der Waals surface area contributed by atoms with Crippen LogP contribution in [0.1, 0.15) is 30.0 Å². The number of nitrogens with one attached hydrogen (secondary N) is 1. The van der Waals surface area contributed by atoms with Crippen molar-refractivity contribution in [2.75, 3.05) is 39.3 Å². The SMILES string of the molecule is CCCN1CCN(Cc2cccc3c2CCNC3)CC1. The Hall–Kier alpha value is -0.900. The molecule has 3 nitrogen and oxygen atoms in total. The van der Waals surface area contributed by atoms with Gasteiger partial charge in [-0.2, -0.15) is 0 Å². The van der Waals surface area contributed by atoms with Crippen LogP contribution in [0.3, 0.4) is 0 Å². The third-order valence-corrected chi connectivity index (χ3v) is 4.64. The molecule has 0 aliphatic carbocycles. The summed E-state index contributed by atoms with van der Waals surface area (Å²) in [6, 6.07) is 6.85. The Balaban J connectivity index is 1.61. The van der Waals surface area contributed by atoms with Crippen LogP contribution in [0.2, 0.25) is 0 Å². The summed E-state index contributed by atoms with van der Waals surface area (Å²) in [5.74, 6) is 0. The number of piperazine rings is 1. The summed E-state index contributed by atoms with van der Waals surface area (Å²) in [6.07, 6.45) is 2.47. The van der Waals surface area contributed by atoms with Crippen LogP contribution >= 0.6 is 0 Å². The van der Waals surface area contributed by atoms with E-state index in [4.69, 9.17) is 0 Å². The molecule has 2 aliphatic heterocycles. The number of hydrogen-bond donors (Lipinski definition) is 1. The van der Waals surface area contributed by atoms with Crippen molar-refractivity contribution < 1.29 is 0 Å². The standard InChI is InChI=1S/C17H27N3/c1-2-8-19-9-11-20(12-10-19)14-16-5-3-4-15-13-18-7-6-17(15)16/h3-5,18H,2,6-14H2,1H3. The molecule has 2 aliphatic rings. The second kappa shape index (κ2) is 6.70. The van der Waals surface area contributed by atoms with E-state index in [0.29, 0.717) is 0 Å². The minimum absolute atomic E-state index is 1.05. The van der Waals surface area contributed by atoms with Crippen LogP contribution in [0.4, 0.5) is 0 Å². The third kappa shape index (κ3) is 3.22. The Kier molecular flexibility index (Phi) is 4.71. The van der Waals surface area contributed by atoms with Crippen LogP contribution in [0.5, 0.6) is 0 Å². The van der Waals surface area contributed by atoms with Gasteiger partial charge in [0, 0.05) is 39.3 Å². The lowest BCUT2D eigenvalue weighted by atomic mass is 9.95. The van der Waals surface area contributed by atoms with Crippen LogP contribution in [0.15, 0.2) is 18.2 Å². The van der Waals surface area contributed by atoms with Gasteiger partial charge in [-0.05, 0) is 42.6 Å². The fraction of sp³-hybridized carbons (Fsp3) is 0.647. The molecule has 0 spiro atoms. The molecule has 3 heteroatoms. The fourth-order valence-corrected chi connectivity index (χ4v) is 3.49. The Morgan fingerprint density at radius 2 is 1.90 bits per heavy atom. The number of nitrogens with zero attached hydrogens (tertiary/aromatic N) is 2. The van der Waals surface area contributed by atoms with E-state index in [1.165, 1.54) is 51.1 Å². The van der Waals surface area contributed by atoms with Crippen LogP contribution in [0.25, 0.3) is 0 Å². The fourth-order valence-electron chi connectivity index (χ4n) is 3.49. The largest absolute Gasteiger partial charge is 0.312 e. The number of rotatable bonds is 4. The molecule has 0 amide bonds. The topological polar surface area (TPSA) is 18.5 Å². The van der Waals surface area contributed by atoms with Crippen molar-refractivity contribution in [1.29, 1.82) is 0 Å². The summed E-state index contributed by atoms with van der Waals surface area (Å²) in [5.41, 5.74) is 4.69. The first-order chi connectivity index (χ1) is 9.86.